The first-order valence-corrected chi connectivity index (χ1v) is 22.0. The highest BCUT2D eigenvalue weighted by atomic mass is 16.3. The summed E-state index contributed by atoms with van der Waals surface area (Å²) < 4.78 is 11.7. The van der Waals surface area contributed by atoms with Crippen molar-refractivity contribution in [3.8, 4) is 22.5 Å². The van der Waals surface area contributed by atoms with E-state index in [1.807, 2.05) is 0 Å². The summed E-state index contributed by atoms with van der Waals surface area (Å²) in [6.07, 6.45) is 0. The van der Waals surface area contributed by atoms with E-state index in [4.69, 9.17) is 4.42 Å². The number of aromatic nitrogens is 2. The highest BCUT2D eigenvalue weighted by Crippen LogP contribution is 2.42. The smallest absolute Gasteiger partial charge is 0.243 e. The SMILES string of the molecule is CC(C)c1cc(C(C)C)c(B2c3ccc(-n4c5ccccc5c5ccc6c7ccccc7oc6c54)cc3-c3cc4c5ccccc5n(-c5ccccc5)c4cc32)c(C(C)C)c1. The fraction of sp³-hybridized carbons (Fsp3) is 0.158. The molecule has 1 aliphatic heterocycles. The van der Waals surface area contributed by atoms with Crippen molar-refractivity contribution in [1.29, 1.82) is 0 Å². The van der Waals surface area contributed by atoms with Gasteiger partial charge in [-0.3, -0.25) is 0 Å². The standard InChI is InChI=1S/C57H47BN2O/c1-33(2)36-28-44(34(3)4)55(45(29-36)35(5)6)58-49-27-24-38(60-52-22-14-10-18-39(52)42-25-26-43-41-20-12-15-23-54(41)61-57(43)56(42)60)30-46(49)47-31-48-40-19-11-13-21-51(40)59(53(48)32-50(47)58)37-16-8-7-9-17-37/h7-35H,1-6H3. The Balaban J connectivity index is 1.20. The zero-order chi connectivity index (χ0) is 41.3. The van der Waals surface area contributed by atoms with Crippen LogP contribution in [0.2, 0.25) is 0 Å². The van der Waals surface area contributed by atoms with E-state index in [0.717, 1.165) is 33.1 Å². The summed E-state index contributed by atoms with van der Waals surface area (Å²) in [5, 5.41) is 7.26. The van der Waals surface area contributed by atoms with E-state index in [1.54, 1.807) is 0 Å². The number of hydrogen-bond donors (Lipinski definition) is 0. The average Bonchev–Trinajstić information content (AvgIpc) is 4.01. The second-order valence-corrected chi connectivity index (χ2v) is 18.2. The zero-order valence-electron chi connectivity index (χ0n) is 35.6. The molecule has 0 fully saturated rings. The van der Waals surface area contributed by atoms with Gasteiger partial charge in [0.25, 0.3) is 0 Å². The number of para-hydroxylation sites is 4. The summed E-state index contributed by atoms with van der Waals surface area (Å²) in [5.41, 5.74) is 20.1. The second-order valence-electron chi connectivity index (χ2n) is 18.2. The summed E-state index contributed by atoms with van der Waals surface area (Å²) in [7, 11) is 0. The van der Waals surface area contributed by atoms with E-state index in [2.05, 4.69) is 208 Å². The van der Waals surface area contributed by atoms with Crippen LogP contribution in [0.4, 0.5) is 0 Å². The van der Waals surface area contributed by atoms with Gasteiger partial charge >= 0.3 is 0 Å². The van der Waals surface area contributed by atoms with Crippen molar-refractivity contribution in [2.75, 3.05) is 0 Å². The molecule has 0 saturated carbocycles. The highest BCUT2D eigenvalue weighted by Gasteiger charge is 2.39. The van der Waals surface area contributed by atoms with Crippen LogP contribution in [0.25, 0.3) is 88.1 Å². The van der Waals surface area contributed by atoms with E-state index in [-0.39, 0.29) is 6.71 Å². The molecule has 0 aliphatic carbocycles. The maximum absolute atomic E-state index is 6.78. The van der Waals surface area contributed by atoms with Gasteiger partial charge in [-0.15, -0.1) is 0 Å². The fourth-order valence-corrected chi connectivity index (χ4v) is 10.8. The van der Waals surface area contributed by atoms with Crippen LogP contribution >= 0.6 is 0 Å². The summed E-state index contributed by atoms with van der Waals surface area (Å²) in [5.74, 6) is 1.17. The summed E-state index contributed by atoms with van der Waals surface area (Å²) in [4.78, 5) is 0. The van der Waals surface area contributed by atoms with E-state index in [1.165, 1.54) is 88.0 Å². The lowest BCUT2D eigenvalue weighted by atomic mass is 9.36. The molecule has 3 aromatic heterocycles. The van der Waals surface area contributed by atoms with Crippen molar-refractivity contribution in [2.24, 2.45) is 0 Å². The van der Waals surface area contributed by atoms with Crippen LogP contribution in [0.1, 0.15) is 76.0 Å². The molecule has 0 atom stereocenters. The predicted molar refractivity (Wildman–Crippen MR) is 261 cm³/mol. The molecule has 61 heavy (non-hydrogen) atoms. The first-order chi connectivity index (χ1) is 29.8. The van der Waals surface area contributed by atoms with Crippen molar-refractivity contribution in [3.63, 3.8) is 0 Å². The molecule has 0 spiro atoms. The van der Waals surface area contributed by atoms with Crippen LogP contribution in [0.3, 0.4) is 0 Å². The zero-order valence-corrected chi connectivity index (χ0v) is 35.6. The normalized spacial score (nSPS) is 12.8. The topological polar surface area (TPSA) is 23.0 Å². The van der Waals surface area contributed by atoms with Gasteiger partial charge in [-0.25, -0.2) is 0 Å². The monoisotopic (exact) mass is 786 g/mol. The van der Waals surface area contributed by atoms with Crippen molar-refractivity contribution in [1.82, 2.24) is 9.13 Å². The molecule has 0 bridgehead atoms. The Morgan fingerprint density at radius 2 is 1.03 bits per heavy atom. The van der Waals surface area contributed by atoms with Gasteiger partial charge in [-0.1, -0.05) is 155 Å². The minimum absolute atomic E-state index is 0.0712. The largest absolute Gasteiger partial charge is 0.454 e. The molecule has 3 nitrogen and oxygen atoms in total. The van der Waals surface area contributed by atoms with Crippen LogP contribution in [-0.2, 0) is 0 Å². The molecule has 4 heteroatoms. The number of nitrogens with zero attached hydrogens (tertiary/aromatic N) is 2. The number of hydrogen-bond acceptors (Lipinski definition) is 1. The third-order valence-electron chi connectivity index (χ3n) is 13.7. The summed E-state index contributed by atoms with van der Waals surface area (Å²) in [6.45, 7) is 14.3. The average molecular weight is 787 g/mol. The Kier molecular flexibility index (Phi) is 7.91. The maximum atomic E-state index is 6.78. The van der Waals surface area contributed by atoms with Gasteiger partial charge in [0.15, 0.2) is 5.58 Å². The van der Waals surface area contributed by atoms with Crippen LogP contribution in [0.5, 0.6) is 0 Å². The molecule has 294 valence electrons. The third-order valence-corrected chi connectivity index (χ3v) is 13.7. The molecule has 11 aromatic rings. The van der Waals surface area contributed by atoms with Gasteiger partial charge < -0.3 is 13.6 Å². The first kappa shape index (κ1) is 36.1. The lowest BCUT2D eigenvalue weighted by Gasteiger charge is -2.26. The molecule has 0 radical (unpaired) electrons. The van der Waals surface area contributed by atoms with Gasteiger partial charge in [-0.05, 0) is 106 Å². The van der Waals surface area contributed by atoms with Gasteiger partial charge in [0.05, 0.1) is 22.1 Å². The molecule has 0 saturated heterocycles. The van der Waals surface area contributed by atoms with Gasteiger partial charge in [0.2, 0.25) is 6.71 Å². The Morgan fingerprint density at radius 3 is 1.74 bits per heavy atom. The van der Waals surface area contributed by atoms with E-state index in [9.17, 15) is 0 Å². The number of fused-ring (bicyclic) bond motifs is 13. The summed E-state index contributed by atoms with van der Waals surface area (Å²) >= 11 is 0. The number of rotatable bonds is 6. The van der Waals surface area contributed by atoms with Crippen LogP contribution in [-0.4, -0.2) is 15.8 Å². The van der Waals surface area contributed by atoms with Crippen LogP contribution in [0.15, 0.2) is 162 Å². The Hall–Kier alpha value is -6.78. The van der Waals surface area contributed by atoms with Crippen molar-refractivity contribution in [3.05, 3.63) is 174 Å². The van der Waals surface area contributed by atoms with Crippen LogP contribution < -0.4 is 16.4 Å². The first-order valence-electron chi connectivity index (χ1n) is 22.0. The molecule has 4 heterocycles. The Labute approximate surface area is 356 Å². The molecule has 0 amide bonds. The molecular weight excluding hydrogens is 739 g/mol. The maximum Gasteiger partial charge on any atom is 0.243 e. The fourth-order valence-electron chi connectivity index (χ4n) is 10.8. The third kappa shape index (κ3) is 5.18. The van der Waals surface area contributed by atoms with Crippen molar-refractivity contribution >= 4 is 88.7 Å². The quantitative estimate of drug-likeness (QED) is 0.154. The second kappa shape index (κ2) is 13.4. The lowest BCUT2D eigenvalue weighted by molar-refractivity contribution is 0.671. The van der Waals surface area contributed by atoms with Crippen molar-refractivity contribution in [2.45, 2.75) is 59.3 Å². The van der Waals surface area contributed by atoms with Gasteiger partial charge in [0, 0.05) is 43.7 Å². The van der Waals surface area contributed by atoms with E-state index in [0.29, 0.717) is 17.8 Å². The van der Waals surface area contributed by atoms with E-state index < -0.39 is 0 Å². The van der Waals surface area contributed by atoms with E-state index >= 15 is 0 Å². The minimum atomic E-state index is 0.0712. The molecule has 12 rings (SSSR count). The van der Waals surface area contributed by atoms with Gasteiger partial charge in [-0.2, -0.15) is 0 Å². The number of furan rings is 1. The molecular formula is C57H47BN2O. The summed E-state index contributed by atoms with van der Waals surface area (Å²) in [6, 6.07) is 59.0. The lowest BCUT2D eigenvalue weighted by Crippen LogP contribution is -2.52. The van der Waals surface area contributed by atoms with Crippen molar-refractivity contribution < 1.29 is 4.42 Å². The Bertz CT molecular complexity index is 3550. The predicted octanol–water partition coefficient (Wildman–Crippen LogP) is 13.6. The molecule has 0 N–H and O–H groups in total. The molecule has 8 aromatic carbocycles. The Morgan fingerprint density at radius 1 is 0.426 bits per heavy atom. The number of benzene rings is 8. The minimum Gasteiger partial charge on any atom is -0.454 e. The van der Waals surface area contributed by atoms with Crippen LogP contribution in [0, 0.1) is 0 Å². The van der Waals surface area contributed by atoms with Gasteiger partial charge in [0.1, 0.15) is 5.58 Å². The molecule has 1 aliphatic rings. The molecule has 0 unspecified atom stereocenters. The highest BCUT2D eigenvalue weighted by molar-refractivity contribution is 6.99.